The first-order chi connectivity index (χ1) is 19.3. The molecule has 0 aliphatic carbocycles. The SMILES string of the molecule is C[N+](CCN)(CCN)CCC[C@H](N)C(=O)N[C@H](CCc1cccc(CS)c1)C(=O)Nc1cnc2ccccc2c1. The molecule has 3 rings (SSSR count). The van der Waals surface area contributed by atoms with E-state index in [1.54, 1.807) is 6.20 Å². The molecule has 1 aromatic heterocycles. The van der Waals surface area contributed by atoms with Gasteiger partial charge >= 0.3 is 0 Å². The number of benzene rings is 2. The van der Waals surface area contributed by atoms with Gasteiger partial charge in [-0.1, -0.05) is 42.5 Å². The molecule has 8 N–H and O–H groups in total. The first kappa shape index (κ1) is 31.5. The molecular weight excluding hydrogens is 522 g/mol. The normalized spacial score (nSPS) is 13.1. The molecule has 0 spiro atoms. The largest absolute Gasteiger partial charge is 0.343 e. The summed E-state index contributed by atoms with van der Waals surface area (Å²) in [4.78, 5) is 31.0. The summed E-state index contributed by atoms with van der Waals surface area (Å²) in [5.41, 5.74) is 21.4. The minimum atomic E-state index is -0.764. The van der Waals surface area contributed by atoms with Crippen LogP contribution in [-0.2, 0) is 21.8 Å². The van der Waals surface area contributed by atoms with Gasteiger partial charge in [-0.3, -0.25) is 14.6 Å². The van der Waals surface area contributed by atoms with Crippen LogP contribution < -0.4 is 27.8 Å². The minimum absolute atomic E-state index is 0.307. The summed E-state index contributed by atoms with van der Waals surface area (Å²) in [7, 11) is 2.12. The van der Waals surface area contributed by atoms with Gasteiger partial charge in [-0.15, -0.1) is 0 Å². The molecule has 10 heteroatoms. The fourth-order valence-corrected chi connectivity index (χ4v) is 5.09. The summed E-state index contributed by atoms with van der Waals surface area (Å²) in [6, 6.07) is 16.2. The number of pyridine rings is 1. The first-order valence-electron chi connectivity index (χ1n) is 13.9. The van der Waals surface area contributed by atoms with Crippen molar-refractivity contribution in [3.63, 3.8) is 0 Å². The van der Waals surface area contributed by atoms with Crippen molar-refractivity contribution in [2.75, 3.05) is 45.1 Å². The molecule has 0 fully saturated rings. The van der Waals surface area contributed by atoms with Gasteiger partial charge in [-0.2, -0.15) is 12.6 Å². The molecule has 1 heterocycles. The molecule has 40 heavy (non-hydrogen) atoms. The number of hydrogen-bond acceptors (Lipinski definition) is 7. The van der Waals surface area contributed by atoms with Crippen LogP contribution >= 0.6 is 12.6 Å². The highest BCUT2D eigenvalue weighted by Crippen LogP contribution is 2.17. The number of aromatic nitrogens is 1. The number of quaternary nitrogens is 1. The zero-order valence-electron chi connectivity index (χ0n) is 23.4. The monoisotopic (exact) mass is 566 g/mol. The highest BCUT2D eigenvalue weighted by molar-refractivity contribution is 7.79. The van der Waals surface area contributed by atoms with Crippen molar-refractivity contribution < 1.29 is 14.1 Å². The van der Waals surface area contributed by atoms with Crippen molar-refractivity contribution in [3.8, 4) is 0 Å². The molecule has 3 aromatic rings. The Morgan fingerprint density at radius 2 is 1.68 bits per heavy atom. The number of nitrogens with two attached hydrogens (primary N) is 3. The van der Waals surface area contributed by atoms with Gasteiger partial charge in [0, 0.05) is 24.2 Å². The van der Waals surface area contributed by atoms with Gasteiger partial charge in [0.05, 0.1) is 50.1 Å². The van der Waals surface area contributed by atoms with E-state index in [0.717, 1.165) is 52.6 Å². The number of likely N-dealkylation sites (N-methyl/N-ethyl adjacent to an activating group) is 1. The number of aryl methyl sites for hydroxylation is 1. The van der Waals surface area contributed by atoms with Crippen molar-refractivity contribution in [2.24, 2.45) is 17.2 Å². The fourth-order valence-electron chi connectivity index (χ4n) is 4.89. The summed E-state index contributed by atoms with van der Waals surface area (Å²) < 4.78 is 0.748. The Morgan fingerprint density at radius 3 is 2.40 bits per heavy atom. The second-order valence-electron chi connectivity index (χ2n) is 10.6. The van der Waals surface area contributed by atoms with Crippen LogP contribution in [0.5, 0.6) is 0 Å². The third-order valence-electron chi connectivity index (χ3n) is 7.27. The molecule has 2 aromatic carbocycles. The van der Waals surface area contributed by atoms with E-state index in [9.17, 15) is 9.59 Å². The van der Waals surface area contributed by atoms with Crippen LogP contribution in [0.4, 0.5) is 5.69 Å². The topological polar surface area (TPSA) is 149 Å². The number of nitrogens with one attached hydrogen (secondary N) is 2. The maximum absolute atomic E-state index is 13.4. The summed E-state index contributed by atoms with van der Waals surface area (Å²) in [6.45, 7) is 3.61. The average Bonchev–Trinajstić information content (AvgIpc) is 2.95. The van der Waals surface area contributed by atoms with Gasteiger partial charge in [-0.05, 0) is 48.9 Å². The molecule has 9 nitrogen and oxygen atoms in total. The van der Waals surface area contributed by atoms with Gasteiger partial charge in [0.15, 0.2) is 0 Å². The van der Waals surface area contributed by atoms with E-state index < -0.39 is 12.1 Å². The van der Waals surface area contributed by atoms with Crippen LogP contribution in [-0.4, -0.2) is 73.1 Å². The molecular formula is C30H44N7O2S+. The fraction of sp³-hybridized carbons (Fsp3) is 0.433. The summed E-state index contributed by atoms with van der Waals surface area (Å²) in [6.07, 6.45) is 3.91. The Kier molecular flexibility index (Phi) is 12.4. The van der Waals surface area contributed by atoms with E-state index in [1.807, 2.05) is 48.5 Å². The molecule has 0 bridgehead atoms. The highest BCUT2D eigenvalue weighted by atomic mass is 32.1. The lowest BCUT2D eigenvalue weighted by Crippen LogP contribution is -2.52. The zero-order chi connectivity index (χ0) is 29.0. The standard InChI is InChI=1S/C30H43N7O2S/c1-37(16-13-31,17-14-32)15-5-9-26(33)29(38)36-28(12-11-22-6-4-7-23(18-22)21-40)30(39)35-25-19-24-8-2-3-10-27(24)34-20-25/h2-4,6-8,10,18-20,26,28H,5,9,11-17,21,31-33H2,1H3,(H2-,35,36,38,39,40)/p+1/t26-,28+/m0/s1. The zero-order valence-corrected chi connectivity index (χ0v) is 24.3. The van der Waals surface area contributed by atoms with Gasteiger partial charge in [0.25, 0.3) is 0 Å². The van der Waals surface area contributed by atoms with Crippen LogP contribution in [0.3, 0.4) is 0 Å². The third-order valence-corrected chi connectivity index (χ3v) is 7.64. The second kappa shape index (κ2) is 15.7. The molecule has 216 valence electrons. The van der Waals surface area contributed by atoms with Crippen molar-refractivity contribution in [1.82, 2.24) is 10.3 Å². The first-order valence-corrected chi connectivity index (χ1v) is 14.5. The van der Waals surface area contributed by atoms with Gasteiger partial charge in [0.1, 0.15) is 6.04 Å². The van der Waals surface area contributed by atoms with Crippen molar-refractivity contribution in [3.05, 3.63) is 71.9 Å². The molecule has 0 saturated carbocycles. The molecule has 2 amide bonds. The number of para-hydroxylation sites is 1. The summed E-state index contributed by atoms with van der Waals surface area (Å²) in [5, 5.41) is 6.76. The summed E-state index contributed by atoms with van der Waals surface area (Å²) >= 11 is 4.36. The molecule has 2 atom stereocenters. The Bertz CT molecular complexity index is 1250. The van der Waals surface area contributed by atoms with Gasteiger partial charge in [0.2, 0.25) is 11.8 Å². The van der Waals surface area contributed by atoms with E-state index in [-0.39, 0.29) is 11.8 Å². The maximum atomic E-state index is 13.4. The lowest BCUT2D eigenvalue weighted by molar-refractivity contribution is -0.907. The Labute approximate surface area is 242 Å². The molecule has 0 radical (unpaired) electrons. The maximum Gasteiger partial charge on any atom is 0.247 e. The number of anilines is 1. The number of nitrogens with zero attached hydrogens (tertiary/aromatic N) is 2. The van der Waals surface area contributed by atoms with Crippen LogP contribution in [0.15, 0.2) is 60.8 Å². The average molecular weight is 567 g/mol. The molecule has 0 saturated heterocycles. The van der Waals surface area contributed by atoms with Crippen molar-refractivity contribution >= 4 is 41.0 Å². The lowest BCUT2D eigenvalue weighted by atomic mass is 10.0. The highest BCUT2D eigenvalue weighted by Gasteiger charge is 2.25. The summed E-state index contributed by atoms with van der Waals surface area (Å²) in [5.74, 6) is -0.0158. The van der Waals surface area contributed by atoms with E-state index >= 15 is 0 Å². The predicted octanol–water partition coefficient (Wildman–Crippen LogP) is 2.19. The minimum Gasteiger partial charge on any atom is -0.343 e. The van der Waals surface area contributed by atoms with E-state index in [2.05, 4.69) is 41.4 Å². The quantitative estimate of drug-likeness (QED) is 0.116. The van der Waals surface area contributed by atoms with Crippen LogP contribution in [0.1, 0.15) is 30.4 Å². The molecule has 0 unspecified atom stereocenters. The Balaban J connectivity index is 1.67. The second-order valence-corrected chi connectivity index (χ2v) is 10.9. The lowest BCUT2D eigenvalue weighted by Gasteiger charge is -2.34. The predicted molar refractivity (Wildman–Crippen MR) is 166 cm³/mol. The van der Waals surface area contributed by atoms with Crippen LogP contribution in [0.25, 0.3) is 10.9 Å². The number of rotatable bonds is 16. The van der Waals surface area contributed by atoms with Gasteiger partial charge < -0.3 is 32.3 Å². The molecule has 0 aliphatic heterocycles. The van der Waals surface area contributed by atoms with Crippen LogP contribution in [0.2, 0.25) is 0 Å². The number of hydrogen-bond donors (Lipinski definition) is 6. The number of carbonyl (C=O) groups is 2. The van der Waals surface area contributed by atoms with Crippen molar-refractivity contribution in [2.45, 2.75) is 43.5 Å². The van der Waals surface area contributed by atoms with E-state index in [4.69, 9.17) is 17.2 Å². The van der Waals surface area contributed by atoms with E-state index in [1.165, 1.54) is 0 Å². The number of fused-ring (bicyclic) bond motifs is 1. The Hall–Kier alpha value is -3.02. The van der Waals surface area contributed by atoms with Crippen LogP contribution in [0, 0.1) is 0 Å². The molecule has 0 aliphatic rings. The number of thiol groups is 1. The van der Waals surface area contributed by atoms with E-state index in [0.29, 0.717) is 43.8 Å². The third kappa shape index (κ3) is 9.57. The van der Waals surface area contributed by atoms with Gasteiger partial charge in [-0.25, -0.2) is 0 Å². The number of carbonyl (C=O) groups excluding carboxylic acids is 2. The van der Waals surface area contributed by atoms with Crippen molar-refractivity contribution in [1.29, 1.82) is 0 Å². The Morgan fingerprint density at radius 1 is 0.950 bits per heavy atom. The number of amides is 2. The smallest absolute Gasteiger partial charge is 0.247 e.